The third-order valence-electron chi connectivity index (χ3n) is 3.41. The van der Waals surface area contributed by atoms with E-state index in [1.807, 2.05) is 6.92 Å². The second-order valence-electron chi connectivity index (χ2n) is 4.96. The highest BCUT2D eigenvalue weighted by Crippen LogP contribution is 2.26. The van der Waals surface area contributed by atoms with Crippen LogP contribution in [0.15, 0.2) is 12.3 Å². The van der Waals surface area contributed by atoms with Crippen molar-refractivity contribution in [2.45, 2.75) is 26.2 Å². The molecule has 1 aliphatic heterocycles. The lowest BCUT2D eigenvalue weighted by Crippen LogP contribution is -2.32. The smallest absolute Gasteiger partial charge is 0.278 e. The molecule has 1 aromatic heterocycles. The number of pyridine rings is 1. The molecule has 0 bridgehead atoms. The Balaban J connectivity index is 2.26. The minimum absolute atomic E-state index is 0.114. The molecular weight excluding hydrogens is 298 g/mol. The predicted octanol–water partition coefficient (Wildman–Crippen LogP) is 2.43. The molecule has 0 aromatic carbocycles. The summed E-state index contributed by atoms with van der Waals surface area (Å²) in [5.74, 6) is -0.766. The summed E-state index contributed by atoms with van der Waals surface area (Å²) in [6.07, 6.45) is 3.08. The summed E-state index contributed by atoms with van der Waals surface area (Å²) in [4.78, 5) is 39.1. The number of rotatable bonds is 4. The molecule has 0 saturated carbocycles. The molecule has 112 valence electrons. The van der Waals surface area contributed by atoms with E-state index in [2.05, 4.69) is 4.98 Å². The Kier molecular flexibility index (Phi) is 4.52. The maximum absolute atomic E-state index is 12.4. The Morgan fingerprint density at radius 3 is 2.95 bits per heavy atom. The summed E-state index contributed by atoms with van der Waals surface area (Å²) in [5.41, 5.74) is -0.448. The third-order valence-corrected chi connectivity index (χ3v) is 3.71. The quantitative estimate of drug-likeness (QED) is 0.368. The maximum atomic E-state index is 12.4. The fourth-order valence-corrected chi connectivity index (χ4v) is 2.60. The summed E-state index contributed by atoms with van der Waals surface area (Å²) in [7, 11) is 0. The SMILES string of the molecule is CCCC1CC(=O)N(C(=O)c2cc([N+](=O)[O-])cnc2Cl)C1. The van der Waals surface area contributed by atoms with Gasteiger partial charge >= 0.3 is 0 Å². The standard InChI is InChI=1S/C13H14ClN3O4/c1-2-3-8-4-11(18)16(7-8)13(19)10-5-9(17(20)21)6-15-12(10)14/h5-6,8H,2-4,7H2,1H3. The first kappa shape index (κ1) is 15.4. The number of carbonyl (C=O) groups is 2. The molecule has 7 nitrogen and oxygen atoms in total. The number of halogens is 1. The van der Waals surface area contributed by atoms with Crippen LogP contribution >= 0.6 is 11.6 Å². The van der Waals surface area contributed by atoms with Crippen molar-refractivity contribution in [1.29, 1.82) is 0 Å². The van der Waals surface area contributed by atoms with E-state index in [1.54, 1.807) is 0 Å². The highest BCUT2D eigenvalue weighted by molar-refractivity contribution is 6.33. The van der Waals surface area contributed by atoms with Crippen molar-refractivity contribution in [1.82, 2.24) is 9.88 Å². The number of hydrogen-bond donors (Lipinski definition) is 0. The van der Waals surface area contributed by atoms with Gasteiger partial charge in [0.15, 0.2) is 0 Å². The van der Waals surface area contributed by atoms with Crippen molar-refractivity contribution in [2.24, 2.45) is 5.92 Å². The average molecular weight is 312 g/mol. The van der Waals surface area contributed by atoms with E-state index in [0.29, 0.717) is 13.0 Å². The van der Waals surface area contributed by atoms with Crippen LogP contribution in [0.25, 0.3) is 0 Å². The van der Waals surface area contributed by atoms with Gasteiger partial charge in [-0.2, -0.15) is 0 Å². The van der Waals surface area contributed by atoms with Gasteiger partial charge in [-0.25, -0.2) is 4.98 Å². The van der Waals surface area contributed by atoms with Crippen LogP contribution in [-0.2, 0) is 4.79 Å². The molecule has 0 aliphatic carbocycles. The third kappa shape index (κ3) is 3.18. The van der Waals surface area contributed by atoms with Gasteiger partial charge in [-0.05, 0) is 12.3 Å². The van der Waals surface area contributed by atoms with Crippen molar-refractivity contribution in [3.8, 4) is 0 Å². The number of nitro groups is 1. The minimum Gasteiger partial charge on any atom is -0.278 e. The summed E-state index contributed by atoms with van der Waals surface area (Å²) in [6, 6.07) is 1.05. The van der Waals surface area contributed by atoms with Gasteiger partial charge in [0.05, 0.1) is 10.5 Å². The molecule has 2 heterocycles. The first-order valence-corrected chi connectivity index (χ1v) is 6.96. The Hall–Kier alpha value is -2.02. The molecule has 0 N–H and O–H groups in total. The molecule has 0 spiro atoms. The molecule has 2 amide bonds. The van der Waals surface area contributed by atoms with Gasteiger partial charge in [-0.15, -0.1) is 0 Å². The van der Waals surface area contributed by atoms with Gasteiger partial charge in [0.2, 0.25) is 5.91 Å². The molecule has 8 heteroatoms. The Morgan fingerprint density at radius 1 is 1.62 bits per heavy atom. The molecule has 1 saturated heterocycles. The first-order chi connectivity index (χ1) is 9.93. The molecule has 1 aliphatic rings. The Bertz CT molecular complexity index is 605. The molecular formula is C13H14ClN3O4. The van der Waals surface area contributed by atoms with Crippen LogP contribution in [0.3, 0.4) is 0 Å². The van der Waals surface area contributed by atoms with Crippen LogP contribution in [0, 0.1) is 16.0 Å². The minimum atomic E-state index is -0.661. The van der Waals surface area contributed by atoms with E-state index in [1.165, 1.54) is 0 Å². The van der Waals surface area contributed by atoms with E-state index in [9.17, 15) is 19.7 Å². The van der Waals surface area contributed by atoms with E-state index in [4.69, 9.17) is 11.6 Å². The fraction of sp³-hybridized carbons (Fsp3) is 0.462. The summed E-state index contributed by atoms with van der Waals surface area (Å²) < 4.78 is 0. The summed E-state index contributed by atoms with van der Waals surface area (Å²) in [6.45, 7) is 2.33. The Labute approximate surface area is 126 Å². The monoisotopic (exact) mass is 311 g/mol. The number of aromatic nitrogens is 1. The number of imide groups is 1. The van der Waals surface area contributed by atoms with Crippen LogP contribution in [0.5, 0.6) is 0 Å². The van der Waals surface area contributed by atoms with E-state index >= 15 is 0 Å². The van der Waals surface area contributed by atoms with Gasteiger partial charge in [0.25, 0.3) is 11.6 Å². The average Bonchev–Trinajstić information content (AvgIpc) is 2.79. The lowest BCUT2D eigenvalue weighted by Gasteiger charge is -2.15. The molecule has 2 rings (SSSR count). The van der Waals surface area contributed by atoms with Crippen molar-refractivity contribution < 1.29 is 14.5 Å². The zero-order valence-corrected chi connectivity index (χ0v) is 12.2. The number of hydrogen-bond acceptors (Lipinski definition) is 5. The molecule has 21 heavy (non-hydrogen) atoms. The number of nitrogens with zero attached hydrogens (tertiary/aromatic N) is 3. The predicted molar refractivity (Wildman–Crippen MR) is 75.0 cm³/mol. The zero-order chi connectivity index (χ0) is 15.6. The molecule has 1 aromatic rings. The van der Waals surface area contributed by atoms with Crippen molar-refractivity contribution >= 4 is 29.1 Å². The van der Waals surface area contributed by atoms with Crippen LogP contribution in [0.2, 0.25) is 5.15 Å². The highest BCUT2D eigenvalue weighted by Gasteiger charge is 2.35. The van der Waals surface area contributed by atoms with Crippen LogP contribution < -0.4 is 0 Å². The molecule has 1 unspecified atom stereocenters. The first-order valence-electron chi connectivity index (χ1n) is 6.58. The number of likely N-dealkylation sites (tertiary alicyclic amines) is 1. The van der Waals surface area contributed by atoms with Crippen molar-refractivity contribution in [3.05, 3.63) is 33.1 Å². The van der Waals surface area contributed by atoms with Gasteiger partial charge < -0.3 is 0 Å². The van der Waals surface area contributed by atoms with E-state index in [-0.39, 0.29) is 28.2 Å². The lowest BCUT2D eigenvalue weighted by atomic mass is 10.0. The van der Waals surface area contributed by atoms with Gasteiger partial charge in [0.1, 0.15) is 11.3 Å². The normalized spacial score (nSPS) is 18.1. The van der Waals surface area contributed by atoms with Crippen LogP contribution in [-0.4, -0.2) is 33.2 Å². The van der Waals surface area contributed by atoms with Gasteiger partial charge in [0, 0.05) is 19.0 Å². The molecule has 0 radical (unpaired) electrons. The second kappa shape index (κ2) is 6.17. The van der Waals surface area contributed by atoms with Crippen molar-refractivity contribution in [2.75, 3.05) is 6.54 Å². The van der Waals surface area contributed by atoms with Crippen molar-refractivity contribution in [3.63, 3.8) is 0 Å². The van der Waals surface area contributed by atoms with Crippen LogP contribution in [0.4, 0.5) is 5.69 Å². The second-order valence-corrected chi connectivity index (χ2v) is 5.32. The maximum Gasteiger partial charge on any atom is 0.288 e. The van der Waals surface area contributed by atoms with Gasteiger partial charge in [-0.1, -0.05) is 24.9 Å². The molecule has 1 atom stereocenters. The summed E-state index contributed by atoms with van der Waals surface area (Å²) >= 11 is 5.83. The number of carbonyl (C=O) groups excluding carboxylic acids is 2. The largest absolute Gasteiger partial charge is 0.288 e. The lowest BCUT2D eigenvalue weighted by molar-refractivity contribution is -0.385. The fourth-order valence-electron chi connectivity index (χ4n) is 2.41. The zero-order valence-electron chi connectivity index (χ0n) is 11.4. The Morgan fingerprint density at radius 2 is 2.33 bits per heavy atom. The highest BCUT2D eigenvalue weighted by atomic mass is 35.5. The topological polar surface area (TPSA) is 93.4 Å². The summed E-state index contributed by atoms with van der Waals surface area (Å²) in [5, 5.41) is 10.6. The van der Waals surface area contributed by atoms with Crippen LogP contribution in [0.1, 0.15) is 36.5 Å². The van der Waals surface area contributed by atoms with E-state index in [0.717, 1.165) is 30.0 Å². The molecule has 1 fully saturated rings. The van der Waals surface area contributed by atoms with E-state index < -0.39 is 10.8 Å². The number of amides is 2. The van der Waals surface area contributed by atoms with Gasteiger partial charge in [-0.3, -0.25) is 24.6 Å².